The Kier molecular flexibility index (Phi) is 7.80. The summed E-state index contributed by atoms with van der Waals surface area (Å²) in [7, 11) is 1.85. The number of nitrogens with zero attached hydrogens (tertiary/aromatic N) is 4. The normalized spacial score (nSPS) is 10.9. The molecule has 0 bridgehead atoms. The minimum atomic E-state index is 0.0609. The van der Waals surface area contributed by atoms with Gasteiger partial charge in [-0.05, 0) is 48.7 Å². The molecule has 174 valence electrons. The van der Waals surface area contributed by atoms with Crippen molar-refractivity contribution >= 4 is 17.7 Å². The van der Waals surface area contributed by atoms with Crippen LogP contribution in [0.4, 0.5) is 0 Å². The van der Waals surface area contributed by atoms with Gasteiger partial charge in [-0.2, -0.15) is 0 Å². The zero-order chi connectivity index (χ0) is 23.9. The van der Waals surface area contributed by atoms with Crippen molar-refractivity contribution in [1.82, 2.24) is 19.7 Å². The maximum absolute atomic E-state index is 12.5. The molecule has 4 aromatic rings. The van der Waals surface area contributed by atoms with Gasteiger partial charge in [0.1, 0.15) is 5.82 Å². The first-order chi connectivity index (χ1) is 16.5. The second-order valence-corrected chi connectivity index (χ2v) is 9.39. The first kappa shape index (κ1) is 23.8. The van der Waals surface area contributed by atoms with Crippen LogP contribution in [-0.2, 0) is 12.2 Å². The third kappa shape index (κ3) is 5.75. The number of carbonyl (C=O) groups is 1. The van der Waals surface area contributed by atoms with E-state index < -0.39 is 0 Å². The molecule has 5 nitrogen and oxygen atoms in total. The summed E-state index contributed by atoms with van der Waals surface area (Å²) in [6.07, 6.45) is 1.66. The Balaban J connectivity index is 1.53. The van der Waals surface area contributed by atoms with Gasteiger partial charge in [-0.25, -0.2) is 0 Å². The lowest BCUT2D eigenvalue weighted by Crippen LogP contribution is -2.27. The van der Waals surface area contributed by atoms with Gasteiger partial charge in [-0.15, -0.1) is 10.2 Å². The van der Waals surface area contributed by atoms with E-state index in [0.29, 0.717) is 6.42 Å². The third-order valence-corrected chi connectivity index (χ3v) is 6.67. The van der Waals surface area contributed by atoms with Gasteiger partial charge in [0.25, 0.3) is 5.91 Å². The standard InChI is InChI=1S/C28H30N4OS/c1-4-18-31(3)27(33)24-14-12-23(13-15-24)20-34-28-30-29-26(19-22-8-6-5-7-9-22)32(28)25-16-10-21(2)11-17-25/h5-17H,4,18-20H2,1-3H3. The topological polar surface area (TPSA) is 51.0 Å². The van der Waals surface area contributed by atoms with E-state index >= 15 is 0 Å². The molecule has 1 heterocycles. The molecule has 0 spiro atoms. The third-order valence-electron chi connectivity index (χ3n) is 5.67. The highest BCUT2D eigenvalue weighted by molar-refractivity contribution is 7.98. The average Bonchev–Trinajstić information content (AvgIpc) is 3.26. The van der Waals surface area contributed by atoms with Gasteiger partial charge in [0, 0.05) is 37.0 Å². The monoisotopic (exact) mass is 470 g/mol. The molecule has 0 atom stereocenters. The van der Waals surface area contributed by atoms with Crippen molar-refractivity contribution in [3.8, 4) is 5.69 Å². The Hall–Kier alpha value is -3.38. The summed E-state index contributed by atoms with van der Waals surface area (Å²) < 4.78 is 2.15. The highest BCUT2D eigenvalue weighted by Gasteiger charge is 2.16. The molecule has 4 rings (SSSR count). The average molecular weight is 471 g/mol. The van der Waals surface area contributed by atoms with Crippen molar-refractivity contribution in [3.05, 3.63) is 107 Å². The van der Waals surface area contributed by atoms with Crippen LogP contribution < -0.4 is 0 Å². The predicted molar refractivity (Wildman–Crippen MR) is 139 cm³/mol. The molecule has 3 aromatic carbocycles. The first-order valence-electron chi connectivity index (χ1n) is 11.6. The van der Waals surface area contributed by atoms with Crippen LogP contribution in [0.3, 0.4) is 0 Å². The summed E-state index contributed by atoms with van der Waals surface area (Å²) in [5.74, 6) is 1.72. The molecule has 0 saturated heterocycles. The van der Waals surface area contributed by atoms with Gasteiger partial charge in [-0.1, -0.05) is 78.8 Å². The van der Waals surface area contributed by atoms with Crippen LogP contribution in [0.1, 0.15) is 46.2 Å². The van der Waals surface area contributed by atoms with E-state index in [-0.39, 0.29) is 5.91 Å². The number of hydrogen-bond donors (Lipinski definition) is 0. The molecule has 0 radical (unpaired) electrons. The number of benzene rings is 3. The highest BCUT2D eigenvalue weighted by Crippen LogP contribution is 2.27. The SMILES string of the molecule is CCCN(C)C(=O)c1ccc(CSc2nnc(Cc3ccccc3)n2-c2ccc(C)cc2)cc1. The van der Waals surface area contributed by atoms with E-state index in [1.54, 1.807) is 16.7 Å². The molecule has 0 fully saturated rings. The van der Waals surface area contributed by atoms with Crippen LogP contribution in [0, 0.1) is 6.92 Å². The maximum Gasteiger partial charge on any atom is 0.253 e. The molecule has 34 heavy (non-hydrogen) atoms. The number of hydrogen-bond acceptors (Lipinski definition) is 4. The number of carbonyl (C=O) groups excluding carboxylic acids is 1. The lowest BCUT2D eigenvalue weighted by atomic mass is 10.1. The van der Waals surface area contributed by atoms with Crippen LogP contribution in [0.25, 0.3) is 5.69 Å². The van der Waals surface area contributed by atoms with Gasteiger partial charge in [0.2, 0.25) is 0 Å². The fourth-order valence-electron chi connectivity index (χ4n) is 3.79. The van der Waals surface area contributed by atoms with Gasteiger partial charge in [0.05, 0.1) is 0 Å². The van der Waals surface area contributed by atoms with E-state index in [9.17, 15) is 4.79 Å². The number of amides is 1. The predicted octanol–water partition coefficient (Wildman–Crippen LogP) is 5.94. The van der Waals surface area contributed by atoms with Crippen molar-refractivity contribution < 1.29 is 4.79 Å². The van der Waals surface area contributed by atoms with Crippen molar-refractivity contribution in [1.29, 1.82) is 0 Å². The summed E-state index contributed by atoms with van der Waals surface area (Å²) in [6.45, 7) is 4.92. The second-order valence-electron chi connectivity index (χ2n) is 8.44. The summed E-state index contributed by atoms with van der Waals surface area (Å²) in [4.78, 5) is 14.3. The summed E-state index contributed by atoms with van der Waals surface area (Å²) >= 11 is 1.65. The molecule has 0 N–H and O–H groups in total. The molecular weight excluding hydrogens is 440 g/mol. The zero-order valence-electron chi connectivity index (χ0n) is 19.9. The first-order valence-corrected chi connectivity index (χ1v) is 12.6. The Morgan fingerprint density at radius 3 is 2.29 bits per heavy atom. The van der Waals surface area contributed by atoms with Gasteiger partial charge >= 0.3 is 0 Å². The Bertz CT molecular complexity index is 1220. The summed E-state index contributed by atoms with van der Waals surface area (Å²) in [6, 6.07) is 26.7. The number of aryl methyl sites for hydroxylation is 1. The fraction of sp³-hybridized carbons (Fsp3) is 0.250. The van der Waals surface area contributed by atoms with E-state index in [1.807, 2.05) is 49.5 Å². The van der Waals surface area contributed by atoms with E-state index in [0.717, 1.165) is 46.5 Å². The van der Waals surface area contributed by atoms with Gasteiger partial charge in [-0.3, -0.25) is 9.36 Å². The zero-order valence-corrected chi connectivity index (χ0v) is 20.8. The van der Waals surface area contributed by atoms with Crippen LogP contribution in [0.2, 0.25) is 0 Å². The van der Waals surface area contributed by atoms with Crippen LogP contribution in [-0.4, -0.2) is 39.2 Å². The molecule has 0 unspecified atom stereocenters. The largest absolute Gasteiger partial charge is 0.342 e. The molecule has 0 aliphatic carbocycles. The van der Waals surface area contributed by atoms with Crippen molar-refractivity contribution in [2.75, 3.05) is 13.6 Å². The van der Waals surface area contributed by atoms with Crippen LogP contribution in [0.5, 0.6) is 0 Å². The van der Waals surface area contributed by atoms with Crippen LogP contribution >= 0.6 is 11.8 Å². The summed E-state index contributed by atoms with van der Waals surface area (Å²) in [5, 5.41) is 9.93. The molecule has 0 saturated carbocycles. The van der Waals surface area contributed by atoms with E-state index in [4.69, 9.17) is 0 Å². The second kappa shape index (κ2) is 11.2. The Morgan fingerprint density at radius 1 is 0.912 bits per heavy atom. The van der Waals surface area contributed by atoms with E-state index in [2.05, 4.69) is 65.0 Å². The quantitative estimate of drug-likeness (QED) is 0.284. The minimum Gasteiger partial charge on any atom is -0.342 e. The molecule has 1 aromatic heterocycles. The highest BCUT2D eigenvalue weighted by atomic mass is 32.2. The lowest BCUT2D eigenvalue weighted by Gasteiger charge is -2.16. The van der Waals surface area contributed by atoms with E-state index in [1.165, 1.54) is 11.1 Å². The lowest BCUT2D eigenvalue weighted by molar-refractivity contribution is 0.0795. The molecule has 1 amide bonds. The molecular formula is C28H30N4OS. The fourth-order valence-corrected chi connectivity index (χ4v) is 4.72. The maximum atomic E-state index is 12.5. The number of aromatic nitrogens is 3. The van der Waals surface area contributed by atoms with Gasteiger partial charge < -0.3 is 4.90 Å². The Labute approximate surface area is 205 Å². The Morgan fingerprint density at radius 2 is 1.62 bits per heavy atom. The molecule has 6 heteroatoms. The van der Waals surface area contributed by atoms with Crippen molar-refractivity contribution in [2.45, 2.75) is 37.6 Å². The summed E-state index contributed by atoms with van der Waals surface area (Å²) in [5.41, 5.74) is 5.34. The molecule has 0 aliphatic heterocycles. The van der Waals surface area contributed by atoms with Gasteiger partial charge in [0.15, 0.2) is 5.16 Å². The van der Waals surface area contributed by atoms with Crippen molar-refractivity contribution in [3.63, 3.8) is 0 Å². The van der Waals surface area contributed by atoms with Crippen LogP contribution in [0.15, 0.2) is 84.0 Å². The minimum absolute atomic E-state index is 0.0609. The number of thioether (sulfide) groups is 1. The smallest absolute Gasteiger partial charge is 0.253 e. The number of rotatable bonds is 9. The molecule has 0 aliphatic rings. The van der Waals surface area contributed by atoms with Crippen molar-refractivity contribution in [2.24, 2.45) is 0 Å².